The van der Waals surface area contributed by atoms with E-state index in [9.17, 15) is 0 Å². The average Bonchev–Trinajstić information content (AvgIpc) is 2.35. The van der Waals surface area contributed by atoms with Gasteiger partial charge in [0.15, 0.2) is 0 Å². The molecule has 1 N–H and O–H groups in total. The van der Waals surface area contributed by atoms with Gasteiger partial charge in [0.25, 0.3) is 0 Å². The van der Waals surface area contributed by atoms with Crippen molar-refractivity contribution in [2.45, 2.75) is 6.42 Å². The highest BCUT2D eigenvalue weighted by molar-refractivity contribution is 6.32. The van der Waals surface area contributed by atoms with Crippen LogP contribution in [0.25, 0.3) is 0 Å². The number of nitrogens with zero attached hydrogens (tertiary/aromatic N) is 1. The highest BCUT2D eigenvalue weighted by atomic mass is 35.5. The van der Waals surface area contributed by atoms with Gasteiger partial charge < -0.3 is 19.7 Å². The van der Waals surface area contributed by atoms with Gasteiger partial charge in [-0.1, -0.05) is 11.6 Å². The molecule has 0 aromatic heterocycles. The van der Waals surface area contributed by atoms with Gasteiger partial charge in [-0.15, -0.1) is 0 Å². The minimum atomic E-state index is 0.549. The average molecular weight is 273 g/mol. The molecule has 0 heterocycles. The van der Waals surface area contributed by atoms with Crippen molar-refractivity contribution < 1.29 is 9.47 Å². The van der Waals surface area contributed by atoms with Crippen LogP contribution >= 0.6 is 11.6 Å². The van der Waals surface area contributed by atoms with Crippen molar-refractivity contribution in [2.75, 3.05) is 46.7 Å². The molecular weight excluding hydrogens is 252 g/mol. The number of benzene rings is 1. The van der Waals surface area contributed by atoms with Gasteiger partial charge in [-0.05, 0) is 27.1 Å². The number of hydrogen-bond donors (Lipinski definition) is 1. The van der Waals surface area contributed by atoms with Crippen LogP contribution in [0.5, 0.6) is 11.5 Å². The maximum Gasteiger partial charge on any atom is 0.143 e. The third-order valence-corrected chi connectivity index (χ3v) is 2.87. The van der Waals surface area contributed by atoms with E-state index in [2.05, 4.69) is 24.3 Å². The smallest absolute Gasteiger partial charge is 0.143 e. The van der Waals surface area contributed by atoms with Crippen molar-refractivity contribution in [3.05, 3.63) is 17.2 Å². The summed E-state index contributed by atoms with van der Waals surface area (Å²) in [7, 11) is 7.35. The monoisotopic (exact) mass is 272 g/mol. The molecule has 102 valence electrons. The zero-order valence-electron chi connectivity index (χ0n) is 11.4. The Morgan fingerprint density at radius 3 is 2.39 bits per heavy atom. The number of methoxy groups -OCH3 is 2. The molecule has 4 nitrogen and oxygen atoms in total. The Hall–Kier alpha value is -1.13. The molecule has 0 saturated carbocycles. The summed E-state index contributed by atoms with van der Waals surface area (Å²) in [6, 6.07) is 3.62. The van der Waals surface area contributed by atoms with Gasteiger partial charge in [0.2, 0.25) is 0 Å². The van der Waals surface area contributed by atoms with Crippen LogP contribution < -0.4 is 14.8 Å². The SMILES string of the molecule is COc1cc(NCCCN(C)C)c(OC)cc1Cl. The first-order valence-electron chi connectivity index (χ1n) is 5.88. The van der Waals surface area contributed by atoms with Gasteiger partial charge in [-0.2, -0.15) is 0 Å². The first kappa shape index (κ1) is 14.9. The van der Waals surface area contributed by atoms with Gasteiger partial charge in [0.1, 0.15) is 11.5 Å². The molecule has 0 atom stereocenters. The second-order valence-corrected chi connectivity index (χ2v) is 4.68. The molecule has 0 unspecified atom stereocenters. The Morgan fingerprint density at radius 1 is 1.17 bits per heavy atom. The maximum atomic E-state index is 6.04. The zero-order valence-corrected chi connectivity index (χ0v) is 12.2. The quantitative estimate of drug-likeness (QED) is 0.774. The molecule has 0 saturated heterocycles. The molecule has 1 aromatic carbocycles. The van der Waals surface area contributed by atoms with E-state index in [1.54, 1.807) is 20.3 Å². The van der Waals surface area contributed by atoms with E-state index in [-0.39, 0.29) is 0 Å². The molecule has 0 spiro atoms. The van der Waals surface area contributed by atoms with Crippen molar-refractivity contribution in [3.63, 3.8) is 0 Å². The molecule has 0 fully saturated rings. The highest BCUT2D eigenvalue weighted by Crippen LogP contribution is 2.35. The third kappa shape index (κ3) is 4.27. The lowest BCUT2D eigenvalue weighted by molar-refractivity contribution is 0.401. The fourth-order valence-corrected chi connectivity index (χ4v) is 1.85. The van der Waals surface area contributed by atoms with Crippen LogP contribution in [0.1, 0.15) is 6.42 Å². The van der Waals surface area contributed by atoms with Gasteiger partial charge in [-0.25, -0.2) is 0 Å². The predicted molar refractivity (Wildman–Crippen MR) is 76.2 cm³/mol. The molecule has 0 aliphatic rings. The summed E-state index contributed by atoms with van der Waals surface area (Å²) in [5, 5.41) is 3.88. The first-order chi connectivity index (χ1) is 8.58. The predicted octanol–water partition coefficient (Wildman–Crippen LogP) is 2.72. The highest BCUT2D eigenvalue weighted by Gasteiger charge is 2.09. The lowest BCUT2D eigenvalue weighted by Gasteiger charge is -2.15. The molecule has 0 aliphatic carbocycles. The van der Waals surface area contributed by atoms with E-state index in [4.69, 9.17) is 21.1 Å². The van der Waals surface area contributed by atoms with Crippen molar-refractivity contribution in [1.29, 1.82) is 0 Å². The summed E-state index contributed by atoms with van der Waals surface area (Å²) in [6.45, 7) is 1.92. The Morgan fingerprint density at radius 2 is 1.83 bits per heavy atom. The van der Waals surface area contributed by atoms with Crippen LogP contribution in [-0.4, -0.2) is 46.3 Å². The summed E-state index contributed by atoms with van der Waals surface area (Å²) in [5.41, 5.74) is 0.900. The summed E-state index contributed by atoms with van der Waals surface area (Å²) < 4.78 is 10.5. The van der Waals surface area contributed by atoms with Crippen LogP contribution in [-0.2, 0) is 0 Å². The number of nitrogens with one attached hydrogen (secondary N) is 1. The van der Waals surface area contributed by atoms with Crippen LogP contribution in [0.15, 0.2) is 12.1 Å². The summed E-state index contributed by atoms with van der Waals surface area (Å²) in [5.74, 6) is 1.37. The van der Waals surface area contributed by atoms with Crippen LogP contribution in [0, 0.1) is 0 Å². The van der Waals surface area contributed by atoms with Gasteiger partial charge in [0.05, 0.1) is 24.9 Å². The minimum Gasteiger partial charge on any atom is -0.495 e. The number of anilines is 1. The van der Waals surface area contributed by atoms with Crippen molar-refractivity contribution >= 4 is 17.3 Å². The lowest BCUT2D eigenvalue weighted by Crippen LogP contribution is -2.16. The maximum absolute atomic E-state index is 6.04. The Kier molecular flexibility index (Phi) is 6.09. The van der Waals surface area contributed by atoms with Crippen LogP contribution in [0.2, 0.25) is 5.02 Å². The van der Waals surface area contributed by atoms with Gasteiger partial charge >= 0.3 is 0 Å². The van der Waals surface area contributed by atoms with Crippen molar-refractivity contribution in [3.8, 4) is 11.5 Å². The van der Waals surface area contributed by atoms with E-state index >= 15 is 0 Å². The van der Waals surface area contributed by atoms with Gasteiger partial charge in [0, 0.05) is 18.7 Å². The number of halogens is 1. The second kappa shape index (κ2) is 7.34. The largest absolute Gasteiger partial charge is 0.495 e. The standard InChI is InChI=1S/C13H21ClN2O2/c1-16(2)7-5-6-15-11-9-12(17-3)10(14)8-13(11)18-4/h8-9,15H,5-7H2,1-4H3. The molecule has 1 rings (SSSR count). The fourth-order valence-electron chi connectivity index (χ4n) is 1.62. The normalized spacial score (nSPS) is 10.6. The second-order valence-electron chi connectivity index (χ2n) is 4.27. The summed E-state index contributed by atoms with van der Waals surface area (Å²) >= 11 is 6.04. The molecule has 18 heavy (non-hydrogen) atoms. The minimum absolute atomic E-state index is 0.549. The van der Waals surface area contributed by atoms with E-state index < -0.39 is 0 Å². The third-order valence-electron chi connectivity index (χ3n) is 2.57. The lowest BCUT2D eigenvalue weighted by atomic mass is 10.2. The van der Waals surface area contributed by atoms with E-state index in [1.165, 1.54) is 0 Å². The molecule has 0 aliphatic heterocycles. The van der Waals surface area contributed by atoms with Crippen molar-refractivity contribution in [1.82, 2.24) is 4.90 Å². The molecule has 0 amide bonds. The molecule has 0 bridgehead atoms. The van der Waals surface area contributed by atoms with Crippen molar-refractivity contribution in [2.24, 2.45) is 0 Å². The fraction of sp³-hybridized carbons (Fsp3) is 0.538. The molecular formula is C13H21ClN2O2. The Bertz CT molecular complexity index is 383. The van der Waals surface area contributed by atoms with E-state index in [1.807, 2.05) is 6.07 Å². The zero-order chi connectivity index (χ0) is 13.5. The van der Waals surface area contributed by atoms with Gasteiger partial charge in [-0.3, -0.25) is 0 Å². The molecule has 1 aromatic rings. The summed E-state index contributed by atoms with van der Waals surface area (Å²) in [6.07, 6.45) is 1.06. The Balaban J connectivity index is 2.68. The van der Waals surface area contributed by atoms with Crippen LogP contribution in [0.4, 0.5) is 5.69 Å². The number of ether oxygens (including phenoxy) is 2. The van der Waals surface area contributed by atoms with Crippen LogP contribution in [0.3, 0.4) is 0 Å². The number of hydrogen-bond acceptors (Lipinski definition) is 4. The summed E-state index contributed by atoms with van der Waals surface area (Å²) in [4.78, 5) is 2.15. The topological polar surface area (TPSA) is 33.7 Å². The number of rotatable bonds is 7. The Labute approximate surface area is 114 Å². The molecule has 5 heteroatoms. The van der Waals surface area contributed by atoms with E-state index in [0.29, 0.717) is 10.8 Å². The first-order valence-corrected chi connectivity index (χ1v) is 6.26. The van der Waals surface area contributed by atoms with E-state index in [0.717, 1.165) is 30.9 Å². The molecule has 0 radical (unpaired) electrons.